The number of phenolic OH excluding ortho intramolecular Hbond substituents is 1. The molecule has 0 saturated heterocycles. The van der Waals surface area contributed by atoms with Crippen LogP contribution in [0.15, 0.2) is 6.07 Å². The van der Waals surface area contributed by atoms with Gasteiger partial charge in [-0.3, -0.25) is 0 Å². The van der Waals surface area contributed by atoms with Crippen LogP contribution in [0.25, 0.3) is 0 Å². The molecule has 72 valence electrons. The van der Waals surface area contributed by atoms with Crippen LogP contribution in [0.4, 0.5) is 0 Å². The molecule has 0 aromatic heterocycles. The minimum Gasteiger partial charge on any atom is -0.504 e. The highest BCUT2D eigenvalue weighted by Gasteiger charge is 2.13. The topological polar surface area (TPSA) is 80.9 Å². The number of phenols is 2. The molecule has 0 amide bonds. The minimum absolute atomic E-state index is 0.172. The Morgan fingerprint density at radius 3 is 2.15 bits per heavy atom. The molecule has 0 radical (unpaired) electrons. The van der Waals surface area contributed by atoms with Crippen LogP contribution < -0.4 is 0 Å². The number of aliphatic hydroxyl groups is 2. The molecule has 0 heterocycles. The second kappa shape index (κ2) is 3.64. The molecular weight excluding hydrogens is 172 g/mol. The average Bonchev–Trinajstić information content (AvgIpc) is 2.13. The van der Waals surface area contributed by atoms with Crippen molar-refractivity contribution >= 4 is 0 Å². The number of hydrogen-bond donors (Lipinski definition) is 4. The van der Waals surface area contributed by atoms with Gasteiger partial charge in [0, 0.05) is 5.56 Å². The summed E-state index contributed by atoms with van der Waals surface area (Å²) in [7, 11) is 0. The van der Waals surface area contributed by atoms with Gasteiger partial charge in [-0.05, 0) is 24.1 Å². The Balaban J connectivity index is 3.39. The molecular formula is C9H12O4. The van der Waals surface area contributed by atoms with Crippen molar-refractivity contribution in [3.63, 3.8) is 0 Å². The molecule has 0 fully saturated rings. The van der Waals surface area contributed by atoms with Crippen LogP contribution in [0.2, 0.25) is 0 Å². The van der Waals surface area contributed by atoms with Gasteiger partial charge in [-0.2, -0.15) is 0 Å². The van der Waals surface area contributed by atoms with Crippen LogP contribution in [-0.4, -0.2) is 20.4 Å². The van der Waals surface area contributed by atoms with E-state index in [2.05, 4.69) is 0 Å². The van der Waals surface area contributed by atoms with E-state index < -0.39 is 6.61 Å². The highest BCUT2D eigenvalue weighted by Crippen LogP contribution is 2.34. The maximum absolute atomic E-state index is 9.37. The van der Waals surface area contributed by atoms with E-state index in [-0.39, 0.29) is 23.7 Å². The molecule has 0 spiro atoms. The third kappa shape index (κ3) is 1.59. The van der Waals surface area contributed by atoms with E-state index in [9.17, 15) is 10.2 Å². The molecule has 0 aliphatic heterocycles. The summed E-state index contributed by atoms with van der Waals surface area (Å²) in [5, 5.41) is 36.4. The largest absolute Gasteiger partial charge is 0.504 e. The third-order valence-corrected chi connectivity index (χ3v) is 1.99. The number of hydrogen-bond acceptors (Lipinski definition) is 4. The van der Waals surface area contributed by atoms with Crippen LogP contribution in [0.1, 0.15) is 16.7 Å². The zero-order valence-corrected chi connectivity index (χ0v) is 7.28. The fourth-order valence-electron chi connectivity index (χ4n) is 1.22. The van der Waals surface area contributed by atoms with Gasteiger partial charge in [0.1, 0.15) is 0 Å². The summed E-state index contributed by atoms with van der Waals surface area (Å²) in [6.07, 6.45) is 0. The summed E-state index contributed by atoms with van der Waals surface area (Å²) >= 11 is 0. The van der Waals surface area contributed by atoms with Crippen molar-refractivity contribution in [2.75, 3.05) is 0 Å². The second-order valence-corrected chi connectivity index (χ2v) is 2.84. The average molecular weight is 184 g/mol. The predicted octanol–water partition coefficient (Wildman–Crippen LogP) is 0.391. The van der Waals surface area contributed by atoms with E-state index in [4.69, 9.17) is 10.2 Å². The lowest BCUT2D eigenvalue weighted by Gasteiger charge is -2.10. The Bertz CT molecular complexity index is 320. The number of rotatable bonds is 2. The number of benzene rings is 1. The number of aliphatic hydroxyl groups excluding tert-OH is 2. The lowest BCUT2D eigenvalue weighted by Crippen LogP contribution is -1.96. The van der Waals surface area contributed by atoms with E-state index in [0.29, 0.717) is 11.1 Å². The first-order valence-corrected chi connectivity index (χ1v) is 3.86. The van der Waals surface area contributed by atoms with Crippen molar-refractivity contribution in [1.29, 1.82) is 0 Å². The summed E-state index contributed by atoms with van der Waals surface area (Å²) in [5.74, 6) is -0.604. The normalized spacial score (nSPS) is 10.4. The van der Waals surface area contributed by atoms with E-state index in [1.54, 1.807) is 6.92 Å². The Morgan fingerprint density at radius 2 is 1.69 bits per heavy atom. The van der Waals surface area contributed by atoms with Crippen molar-refractivity contribution in [3.05, 3.63) is 22.8 Å². The molecule has 1 aromatic rings. The fourth-order valence-corrected chi connectivity index (χ4v) is 1.22. The zero-order chi connectivity index (χ0) is 10.0. The van der Waals surface area contributed by atoms with Gasteiger partial charge >= 0.3 is 0 Å². The van der Waals surface area contributed by atoms with E-state index in [1.165, 1.54) is 6.07 Å². The molecule has 0 atom stereocenters. The summed E-state index contributed by atoms with van der Waals surface area (Å²) in [6.45, 7) is 0.926. The first-order valence-electron chi connectivity index (χ1n) is 3.86. The SMILES string of the molecule is Cc1cc(CO)c(CO)c(O)c1O. The maximum atomic E-state index is 9.37. The van der Waals surface area contributed by atoms with Crippen LogP contribution >= 0.6 is 0 Å². The molecule has 4 heteroatoms. The van der Waals surface area contributed by atoms with Crippen molar-refractivity contribution < 1.29 is 20.4 Å². The molecule has 0 unspecified atom stereocenters. The van der Waals surface area contributed by atoms with Gasteiger partial charge in [0.05, 0.1) is 13.2 Å². The van der Waals surface area contributed by atoms with Crippen molar-refractivity contribution in [2.45, 2.75) is 20.1 Å². The first-order chi connectivity index (χ1) is 6.11. The molecule has 0 aliphatic rings. The van der Waals surface area contributed by atoms with Gasteiger partial charge in [0.2, 0.25) is 0 Å². The highest BCUT2D eigenvalue weighted by atomic mass is 16.3. The highest BCUT2D eigenvalue weighted by molar-refractivity contribution is 5.53. The van der Waals surface area contributed by atoms with Crippen molar-refractivity contribution in [2.24, 2.45) is 0 Å². The Labute approximate surface area is 75.7 Å². The minimum atomic E-state index is -0.407. The number of aryl methyl sites for hydroxylation is 1. The molecule has 0 saturated carbocycles. The summed E-state index contributed by atoms with van der Waals surface area (Å²) in [4.78, 5) is 0. The smallest absolute Gasteiger partial charge is 0.163 e. The van der Waals surface area contributed by atoms with Crippen LogP contribution in [0.3, 0.4) is 0 Å². The van der Waals surface area contributed by atoms with Crippen LogP contribution in [-0.2, 0) is 13.2 Å². The van der Waals surface area contributed by atoms with Crippen LogP contribution in [0.5, 0.6) is 11.5 Å². The van der Waals surface area contributed by atoms with E-state index in [1.807, 2.05) is 0 Å². The molecule has 0 bridgehead atoms. The summed E-state index contributed by atoms with van der Waals surface area (Å²) in [5.41, 5.74) is 1.07. The fraction of sp³-hybridized carbons (Fsp3) is 0.333. The molecule has 1 rings (SSSR count). The lowest BCUT2D eigenvalue weighted by atomic mass is 10.0. The monoisotopic (exact) mass is 184 g/mol. The van der Waals surface area contributed by atoms with Gasteiger partial charge in [-0.25, -0.2) is 0 Å². The van der Waals surface area contributed by atoms with Crippen LogP contribution in [0, 0.1) is 6.92 Å². The first kappa shape index (κ1) is 9.83. The standard InChI is InChI=1S/C9H12O4/c1-5-2-6(3-10)7(4-11)9(13)8(5)12/h2,10-13H,3-4H2,1H3. The van der Waals surface area contributed by atoms with Gasteiger partial charge in [0.25, 0.3) is 0 Å². The van der Waals surface area contributed by atoms with Crippen molar-refractivity contribution in [3.8, 4) is 11.5 Å². The Morgan fingerprint density at radius 1 is 1.08 bits per heavy atom. The Hall–Kier alpha value is -1.26. The van der Waals surface area contributed by atoms with Crippen molar-refractivity contribution in [1.82, 2.24) is 0 Å². The molecule has 4 nitrogen and oxygen atoms in total. The molecule has 4 N–H and O–H groups in total. The predicted molar refractivity (Wildman–Crippen MR) is 46.4 cm³/mol. The third-order valence-electron chi connectivity index (χ3n) is 1.99. The second-order valence-electron chi connectivity index (χ2n) is 2.84. The number of aromatic hydroxyl groups is 2. The van der Waals surface area contributed by atoms with E-state index >= 15 is 0 Å². The lowest BCUT2D eigenvalue weighted by molar-refractivity contribution is 0.253. The Kier molecular flexibility index (Phi) is 2.75. The van der Waals surface area contributed by atoms with Gasteiger partial charge < -0.3 is 20.4 Å². The summed E-state index contributed by atoms with van der Waals surface area (Å²) in [6, 6.07) is 1.53. The van der Waals surface area contributed by atoms with Gasteiger partial charge in [-0.1, -0.05) is 0 Å². The zero-order valence-electron chi connectivity index (χ0n) is 7.28. The molecule has 13 heavy (non-hydrogen) atoms. The van der Waals surface area contributed by atoms with Gasteiger partial charge in [0.15, 0.2) is 11.5 Å². The quantitative estimate of drug-likeness (QED) is 0.501. The van der Waals surface area contributed by atoms with Gasteiger partial charge in [-0.15, -0.1) is 0 Å². The van der Waals surface area contributed by atoms with E-state index in [0.717, 1.165) is 0 Å². The maximum Gasteiger partial charge on any atom is 0.163 e. The molecule has 0 aliphatic carbocycles. The summed E-state index contributed by atoms with van der Waals surface area (Å²) < 4.78 is 0. The molecule has 1 aromatic carbocycles.